The molecule has 0 bridgehead atoms. The van der Waals surface area contributed by atoms with E-state index in [0.29, 0.717) is 12.8 Å². The van der Waals surface area contributed by atoms with Crippen molar-refractivity contribution in [2.45, 2.75) is 46.1 Å². The van der Waals surface area contributed by atoms with Crippen LogP contribution in [0.25, 0.3) is 0 Å². The Kier molecular flexibility index (Phi) is 4.51. The van der Waals surface area contributed by atoms with E-state index in [1.54, 1.807) is 13.8 Å². The SMILES string of the molecule is Cc1nn(C)c(C)c1CCC(=O)NC(C)(C)CO. The maximum Gasteiger partial charge on any atom is 0.220 e. The standard InChI is InChI=1S/C13H23N3O2/c1-9-11(10(2)16(5)15-9)6-7-12(18)14-13(3,4)8-17/h17H,6-8H2,1-5H3,(H,14,18). The Bertz CT molecular complexity index is 436. The van der Waals surface area contributed by atoms with Gasteiger partial charge in [-0.05, 0) is 39.7 Å². The molecule has 1 aromatic rings. The lowest BCUT2D eigenvalue weighted by Gasteiger charge is -2.23. The largest absolute Gasteiger partial charge is 0.394 e. The zero-order chi connectivity index (χ0) is 13.9. The molecule has 0 fully saturated rings. The van der Waals surface area contributed by atoms with E-state index in [1.807, 2.05) is 25.6 Å². The molecule has 1 rings (SSSR count). The second-order valence-corrected chi connectivity index (χ2v) is 5.36. The van der Waals surface area contributed by atoms with E-state index in [4.69, 9.17) is 5.11 Å². The van der Waals surface area contributed by atoms with Gasteiger partial charge < -0.3 is 10.4 Å². The normalized spacial score (nSPS) is 11.7. The molecular formula is C13H23N3O2. The smallest absolute Gasteiger partial charge is 0.220 e. The number of carbonyl (C=O) groups is 1. The third-order valence-electron chi connectivity index (χ3n) is 3.13. The predicted octanol–water partition coefficient (Wildman–Crippen LogP) is 0.857. The first kappa shape index (κ1) is 14.7. The third kappa shape index (κ3) is 3.57. The van der Waals surface area contributed by atoms with Gasteiger partial charge in [-0.3, -0.25) is 9.48 Å². The molecule has 0 atom stereocenters. The maximum absolute atomic E-state index is 11.8. The van der Waals surface area contributed by atoms with Gasteiger partial charge in [-0.15, -0.1) is 0 Å². The lowest BCUT2D eigenvalue weighted by Crippen LogP contribution is -2.46. The van der Waals surface area contributed by atoms with E-state index >= 15 is 0 Å². The van der Waals surface area contributed by atoms with Crippen molar-refractivity contribution in [3.63, 3.8) is 0 Å². The summed E-state index contributed by atoms with van der Waals surface area (Å²) in [6.07, 6.45) is 1.09. The first-order valence-corrected chi connectivity index (χ1v) is 6.18. The van der Waals surface area contributed by atoms with Gasteiger partial charge in [0, 0.05) is 19.2 Å². The van der Waals surface area contributed by atoms with Gasteiger partial charge in [-0.1, -0.05) is 0 Å². The van der Waals surface area contributed by atoms with E-state index in [-0.39, 0.29) is 12.5 Å². The number of rotatable bonds is 5. The first-order valence-electron chi connectivity index (χ1n) is 6.18. The number of amides is 1. The molecule has 0 aliphatic carbocycles. The first-order chi connectivity index (χ1) is 8.26. The number of aliphatic hydroxyl groups excluding tert-OH is 1. The highest BCUT2D eigenvalue weighted by molar-refractivity contribution is 5.77. The predicted molar refractivity (Wildman–Crippen MR) is 70.3 cm³/mol. The van der Waals surface area contributed by atoms with Crippen molar-refractivity contribution < 1.29 is 9.90 Å². The summed E-state index contributed by atoms with van der Waals surface area (Å²) in [7, 11) is 1.90. The molecule has 102 valence electrons. The zero-order valence-electron chi connectivity index (χ0n) is 11.9. The number of nitrogens with one attached hydrogen (secondary N) is 1. The summed E-state index contributed by atoms with van der Waals surface area (Å²) < 4.78 is 1.83. The second kappa shape index (κ2) is 5.52. The number of aromatic nitrogens is 2. The van der Waals surface area contributed by atoms with Crippen molar-refractivity contribution in [1.82, 2.24) is 15.1 Å². The Morgan fingerprint density at radius 2 is 2.06 bits per heavy atom. The molecule has 5 nitrogen and oxygen atoms in total. The quantitative estimate of drug-likeness (QED) is 0.817. The molecule has 0 spiro atoms. The van der Waals surface area contributed by atoms with Crippen molar-refractivity contribution in [3.05, 3.63) is 17.0 Å². The molecule has 1 aromatic heterocycles. The monoisotopic (exact) mass is 253 g/mol. The minimum absolute atomic E-state index is 0.0447. The number of aliphatic hydroxyl groups is 1. The fourth-order valence-electron chi connectivity index (χ4n) is 1.90. The molecule has 0 unspecified atom stereocenters. The van der Waals surface area contributed by atoms with Crippen molar-refractivity contribution in [1.29, 1.82) is 0 Å². The van der Waals surface area contributed by atoms with Crippen LogP contribution >= 0.6 is 0 Å². The Balaban J connectivity index is 2.58. The van der Waals surface area contributed by atoms with Crippen molar-refractivity contribution in [2.24, 2.45) is 7.05 Å². The van der Waals surface area contributed by atoms with Gasteiger partial charge in [0.05, 0.1) is 17.8 Å². The minimum Gasteiger partial charge on any atom is -0.394 e. The lowest BCUT2D eigenvalue weighted by molar-refractivity contribution is -0.123. The summed E-state index contributed by atoms with van der Waals surface area (Å²) in [6, 6.07) is 0. The molecule has 0 saturated carbocycles. The van der Waals surface area contributed by atoms with Crippen LogP contribution in [0.3, 0.4) is 0 Å². The van der Waals surface area contributed by atoms with E-state index in [1.165, 1.54) is 0 Å². The Morgan fingerprint density at radius 1 is 1.44 bits per heavy atom. The molecule has 0 aliphatic heterocycles. The molecule has 0 aromatic carbocycles. The van der Waals surface area contributed by atoms with Crippen LogP contribution in [-0.4, -0.2) is 32.9 Å². The van der Waals surface area contributed by atoms with Crippen LogP contribution in [0.4, 0.5) is 0 Å². The average molecular weight is 253 g/mol. The highest BCUT2D eigenvalue weighted by atomic mass is 16.3. The molecule has 1 heterocycles. The molecular weight excluding hydrogens is 230 g/mol. The molecule has 0 radical (unpaired) electrons. The van der Waals surface area contributed by atoms with Gasteiger partial charge in [0.25, 0.3) is 0 Å². The van der Waals surface area contributed by atoms with E-state index < -0.39 is 5.54 Å². The molecule has 0 aliphatic rings. The van der Waals surface area contributed by atoms with Gasteiger partial charge >= 0.3 is 0 Å². The summed E-state index contributed by atoms with van der Waals surface area (Å²) in [4.78, 5) is 11.8. The molecule has 0 saturated heterocycles. The van der Waals surface area contributed by atoms with E-state index in [2.05, 4.69) is 10.4 Å². The number of aryl methyl sites for hydroxylation is 2. The molecule has 2 N–H and O–H groups in total. The van der Waals surface area contributed by atoms with Crippen molar-refractivity contribution in [3.8, 4) is 0 Å². The van der Waals surface area contributed by atoms with E-state index in [0.717, 1.165) is 17.0 Å². The summed E-state index contributed by atoms with van der Waals surface area (Å²) in [5.74, 6) is -0.0447. The fraction of sp³-hybridized carbons (Fsp3) is 0.692. The minimum atomic E-state index is -0.559. The number of nitrogens with zero attached hydrogens (tertiary/aromatic N) is 2. The van der Waals surface area contributed by atoms with Crippen LogP contribution in [0.1, 0.15) is 37.2 Å². The van der Waals surface area contributed by atoms with Crippen LogP contribution in [-0.2, 0) is 18.3 Å². The van der Waals surface area contributed by atoms with Gasteiger partial charge in [0.1, 0.15) is 0 Å². The lowest BCUT2D eigenvalue weighted by atomic mass is 10.0. The van der Waals surface area contributed by atoms with E-state index in [9.17, 15) is 4.79 Å². The number of hydrogen-bond donors (Lipinski definition) is 2. The van der Waals surface area contributed by atoms with Crippen LogP contribution < -0.4 is 5.32 Å². The highest BCUT2D eigenvalue weighted by Gasteiger charge is 2.19. The second-order valence-electron chi connectivity index (χ2n) is 5.36. The van der Waals surface area contributed by atoms with Crippen LogP contribution in [0.5, 0.6) is 0 Å². The Hall–Kier alpha value is -1.36. The van der Waals surface area contributed by atoms with Crippen molar-refractivity contribution >= 4 is 5.91 Å². The Morgan fingerprint density at radius 3 is 2.50 bits per heavy atom. The third-order valence-corrected chi connectivity index (χ3v) is 3.13. The van der Waals surface area contributed by atoms with Crippen molar-refractivity contribution in [2.75, 3.05) is 6.61 Å². The Labute approximate surface area is 108 Å². The maximum atomic E-state index is 11.8. The van der Waals surface area contributed by atoms with Gasteiger partial charge in [-0.2, -0.15) is 5.10 Å². The topological polar surface area (TPSA) is 67.2 Å². The number of hydrogen-bond acceptors (Lipinski definition) is 3. The van der Waals surface area contributed by atoms with Crippen LogP contribution in [0.2, 0.25) is 0 Å². The van der Waals surface area contributed by atoms with Gasteiger partial charge in [0.15, 0.2) is 0 Å². The summed E-state index contributed by atoms with van der Waals surface area (Å²) in [5.41, 5.74) is 2.65. The van der Waals surface area contributed by atoms with Gasteiger partial charge in [0.2, 0.25) is 5.91 Å². The number of carbonyl (C=O) groups excluding carboxylic acids is 1. The highest BCUT2D eigenvalue weighted by Crippen LogP contribution is 2.14. The van der Waals surface area contributed by atoms with Crippen LogP contribution in [0.15, 0.2) is 0 Å². The molecule has 5 heteroatoms. The fourth-order valence-corrected chi connectivity index (χ4v) is 1.90. The summed E-state index contributed by atoms with van der Waals surface area (Å²) in [5, 5.41) is 16.2. The summed E-state index contributed by atoms with van der Waals surface area (Å²) in [6.45, 7) is 7.49. The van der Waals surface area contributed by atoms with Crippen LogP contribution in [0, 0.1) is 13.8 Å². The van der Waals surface area contributed by atoms with Gasteiger partial charge in [-0.25, -0.2) is 0 Å². The summed E-state index contributed by atoms with van der Waals surface area (Å²) >= 11 is 0. The zero-order valence-corrected chi connectivity index (χ0v) is 11.9. The average Bonchev–Trinajstić information content (AvgIpc) is 2.50. The molecule has 18 heavy (non-hydrogen) atoms. The molecule has 1 amide bonds.